The molecule has 4 nitrogen and oxygen atoms in total. The molecule has 0 radical (unpaired) electrons. The molecule has 0 aromatic heterocycles. The highest BCUT2D eigenvalue weighted by Gasteiger charge is 2.15. The molecule has 0 amide bonds. The van der Waals surface area contributed by atoms with E-state index in [1.807, 2.05) is 24.3 Å². The number of rotatable bonds is 6. The van der Waals surface area contributed by atoms with Gasteiger partial charge in [0.1, 0.15) is 5.75 Å². The Labute approximate surface area is 103 Å². The molecule has 1 aromatic rings. The predicted octanol–water partition coefficient (Wildman–Crippen LogP) is 1.64. The van der Waals surface area contributed by atoms with Crippen molar-refractivity contribution in [3.05, 3.63) is 42.5 Å². The zero-order valence-electron chi connectivity index (χ0n) is 10.1. The van der Waals surface area contributed by atoms with Crippen molar-refractivity contribution in [2.45, 2.75) is 6.54 Å². The van der Waals surface area contributed by atoms with Crippen molar-refractivity contribution in [3.8, 4) is 5.75 Å². The van der Waals surface area contributed by atoms with Crippen LogP contribution in [0.3, 0.4) is 0 Å². The highest BCUT2D eigenvalue weighted by molar-refractivity contribution is 7.88. The van der Waals surface area contributed by atoms with Crippen LogP contribution in [-0.2, 0) is 16.6 Å². The summed E-state index contributed by atoms with van der Waals surface area (Å²) in [6, 6.07) is 7.31. The highest BCUT2D eigenvalue weighted by atomic mass is 32.2. The molecule has 0 aliphatic carbocycles. The van der Waals surface area contributed by atoms with Gasteiger partial charge in [-0.3, -0.25) is 0 Å². The first kappa shape index (κ1) is 13.7. The molecule has 0 N–H and O–H groups in total. The Morgan fingerprint density at radius 3 is 2.35 bits per heavy atom. The molecule has 0 unspecified atom stereocenters. The number of hydrogen-bond donors (Lipinski definition) is 0. The minimum absolute atomic E-state index is 0.310. The van der Waals surface area contributed by atoms with E-state index in [4.69, 9.17) is 4.74 Å². The van der Waals surface area contributed by atoms with Gasteiger partial charge < -0.3 is 4.74 Å². The van der Waals surface area contributed by atoms with Crippen molar-refractivity contribution in [1.29, 1.82) is 0 Å². The molecule has 94 valence electrons. The molecule has 0 aliphatic heterocycles. The zero-order valence-corrected chi connectivity index (χ0v) is 10.9. The second-order valence-electron chi connectivity index (χ2n) is 3.69. The van der Waals surface area contributed by atoms with Gasteiger partial charge in [-0.25, -0.2) is 8.42 Å². The van der Waals surface area contributed by atoms with E-state index in [0.29, 0.717) is 13.1 Å². The molecule has 1 aromatic carbocycles. The molecular weight excluding hydrogens is 238 g/mol. The molecule has 0 heterocycles. The van der Waals surface area contributed by atoms with Crippen LogP contribution in [0.25, 0.3) is 0 Å². The lowest BCUT2D eigenvalue weighted by Crippen LogP contribution is -2.29. The molecule has 1 rings (SSSR count). The summed E-state index contributed by atoms with van der Waals surface area (Å²) in [7, 11) is -1.62. The number of hydrogen-bond acceptors (Lipinski definition) is 3. The topological polar surface area (TPSA) is 46.6 Å². The average Bonchev–Trinajstić information content (AvgIpc) is 2.28. The number of methoxy groups -OCH3 is 1. The van der Waals surface area contributed by atoms with E-state index in [1.54, 1.807) is 13.2 Å². The van der Waals surface area contributed by atoms with Gasteiger partial charge in [0.15, 0.2) is 0 Å². The Hall–Kier alpha value is -1.33. The van der Waals surface area contributed by atoms with Crippen LogP contribution in [0.2, 0.25) is 0 Å². The van der Waals surface area contributed by atoms with Crippen molar-refractivity contribution in [1.82, 2.24) is 4.31 Å². The van der Waals surface area contributed by atoms with Crippen LogP contribution in [0.15, 0.2) is 36.9 Å². The zero-order chi connectivity index (χ0) is 12.9. The molecule has 17 heavy (non-hydrogen) atoms. The van der Waals surface area contributed by atoms with Gasteiger partial charge in [0, 0.05) is 13.1 Å². The van der Waals surface area contributed by atoms with Gasteiger partial charge >= 0.3 is 0 Å². The molecule has 0 atom stereocenters. The fourth-order valence-corrected chi connectivity index (χ4v) is 2.16. The summed E-state index contributed by atoms with van der Waals surface area (Å²) in [5, 5.41) is 0. The first-order valence-corrected chi connectivity index (χ1v) is 7.01. The first-order valence-electron chi connectivity index (χ1n) is 5.16. The molecule has 5 heteroatoms. The normalized spacial score (nSPS) is 11.5. The monoisotopic (exact) mass is 255 g/mol. The Bertz CT molecular complexity index is 465. The van der Waals surface area contributed by atoms with Crippen molar-refractivity contribution in [3.63, 3.8) is 0 Å². The second kappa shape index (κ2) is 5.84. The third-order valence-electron chi connectivity index (χ3n) is 2.32. The van der Waals surface area contributed by atoms with E-state index in [0.717, 1.165) is 11.3 Å². The lowest BCUT2D eigenvalue weighted by Gasteiger charge is -2.18. The first-order chi connectivity index (χ1) is 7.97. The lowest BCUT2D eigenvalue weighted by molar-refractivity contribution is 0.413. The minimum Gasteiger partial charge on any atom is -0.497 e. The van der Waals surface area contributed by atoms with Crippen molar-refractivity contribution < 1.29 is 13.2 Å². The molecule has 0 spiro atoms. The van der Waals surface area contributed by atoms with Crippen LogP contribution in [-0.4, -0.2) is 32.6 Å². The number of benzene rings is 1. The van der Waals surface area contributed by atoms with Crippen LogP contribution in [0.5, 0.6) is 5.75 Å². The minimum atomic E-state index is -3.21. The van der Waals surface area contributed by atoms with Crippen LogP contribution >= 0.6 is 0 Å². The quantitative estimate of drug-likeness (QED) is 0.726. The van der Waals surface area contributed by atoms with Gasteiger partial charge in [0.2, 0.25) is 10.0 Å². The summed E-state index contributed by atoms with van der Waals surface area (Å²) in [6.07, 6.45) is 2.77. The molecule has 0 bridgehead atoms. The van der Waals surface area contributed by atoms with Crippen molar-refractivity contribution in [2.75, 3.05) is 19.9 Å². The largest absolute Gasteiger partial charge is 0.497 e. The summed E-state index contributed by atoms with van der Waals surface area (Å²) in [6.45, 7) is 4.21. The van der Waals surface area contributed by atoms with E-state index >= 15 is 0 Å². The Kier molecular flexibility index (Phi) is 4.72. The van der Waals surface area contributed by atoms with Gasteiger partial charge in [0.05, 0.1) is 13.4 Å². The molecular formula is C12H17NO3S. The Balaban J connectivity index is 2.82. The smallest absolute Gasteiger partial charge is 0.211 e. The number of ether oxygens (including phenoxy) is 1. The highest BCUT2D eigenvalue weighted by Crippen LogP contribution is 2.14. The van der Waals surface area contributed by atoms with Gasteiger partial charge in [-0.1, -0.05) is 18.2 Å². The number of sulfonamides is 1. The summed E-state index contributed by atoms with van der Waals surface area (Å²) >= 11 is 0. The van der Waals surface area contributed by atoms with E-state index in [2.05, 4.69) is 6.58 Å². The van der Waals surface area contributed by atoms with Gasteiger partial charge in [-0.2, -0.15) is 4.31 Å². The summed E-state index contributed by atoms with van der Waals surface area (Å²) in [5.74, 6) is 0.753. The molecule has 0 saturated carbocycles. The number of nitrogens with zero attached hydrogens (tertiary/aromatic N) is 1. The molecule has 0 aliphatic rings. The van der Waals surface area contributed by atoms with E-state index in [9.17, 15) is 8.42 Å². The van der Waals surface area contributed by atoms with E-state index < -0.39 is 10.0 Å². The van der Waals surface area contributed by atoms with Crippen LogP contribution in [0, 0.1) is 0 Å². The van der Waals surface area contributed by atoms with Crippen molar-refractivity contribution in [2.24, 2.45) is 0 Å². The summed E-state index contributed by atoms with van der Waals surface area (Å²) in [5.41, 5.74) is 0.915. The summed E-state index contributed by atoms with van der Waals surface area (Å²) in [4.78, 5) is 0. The molecule has 0 saturated heterocycles. The van der Waals surface area contributed by atoms with Crippen LogP contribution in [0.1, 0.15) is 5.56 Å². The van der Waals surface area contributed by atoms with E-state index in [1.165, 1.54) is 10.6 Å². The fourth-order valence-electron chi connectivity index (χ4n) is 1.40. The SMILES string of the molecule is C=CCN(Cc1ccc(OC)cc1)S(C)(=O)=O. The fraction of sp³-hybridized carbons (Fsp3) is 0.333. The average molecular weight is 255 g/mol. The van der Waals surface area contributed by atoms with Crippen molar-refractivity contribution >= 4 is 10.0 Å². The maximum absolute atomic E-state index is 11.5. The van der Waals surface area contributed by atoms with Crippen LogP contribution < -0.4 is 4.74 Å². The maximum atomic E-state index is 11.5. The molecule has 0 fully saturated rings. The third kappa shape index (κ3) is 4.20. The van der Waals surface area contributed by atoms with Gasteiger partial charge in [-0.15, -0.1) is 6.58 Å². The maximum Gasteiger partial charge on any atom is 0.211 e. The Morgan fingerprint density at radius 1 is 1.35 bits per heavy atom. The standard InChI is InChI=1S/C12H17NO3S/c1-4-9-13(17(3,14)15)10-11-5-7-12(16-2)8-6-11/h4-8H,1,9-10H2,2-3H3. The van der Waals surface area contributed by atoms with Crippen LogP contribution in [0.4, 0.5) is 0 Å². The van der Waals surface area contributed by atoms with Gasteiger partial charge in [-0.05, 0) is 17.7 Å². The third-order valence-corrected chi connectivity index (χ3v) is 3.54. The lowest BCUT2D eigenvalue weighted by atomic mass is 10.2. The van der Waals surface area contributed by atoms with E-state index in [-0.39, 0.29) is 0 Å². The van der Waals surface area contributed by atoms with Gasteiger partial charge in [0.25, 0.3) is 0 Å². The summed E-state index contributed by atoms with van der Waals surface area (Å²) < 4.78 is 29.4. The predicted molar refractivity (Wildman–Crippen MR) is 68.4 cm³/mol. The Morgan fingerprint density at radius 2 is 1.94 bits per heavy atom. The second-order valence-corrected chi connectivity index (χ2v) is 5.67.